The molecule has 0 spiro atoms. The molecule has 14 nitrogen and oxygen atoms in total. The van der Waals surface area contributed by atoms with E-state index in [1.54, 1.807) is 59.7 Å². The molecule has 0 radical (unpaired) electrons. The van der Waals surface area contributed by atoms with Gasteiger partial charge in [0.05, 0.1) is 52.8 Å². The predicted molar refractivity (Wildman–Crippen MR) is 260 cm³/mol. The lowest BCUT2D eigenvalue weighted by Gasteiger charge is -2.35. The summed E-state index contributed by atoms with van der Waals surface area (Å²) < 4.78 is 117. The number of hydrogen-bond acceptors (Lipinski definition) is 12. The molecule has 4 heterocycles. The number of rotatable bonds is 8. The molecule has 6 rings (SSSR count). The van der Waals surface area contributed by atoms with Crippen molar-refractivity contribution >= 4 is 123 Å². The highest BCUT2D eigenvalue weighted by Gasteiger charge is 2.50. The van der Waals surface area contributed by atoms with Gasteiger partial charge in [-0.2, -0.15) is 17.6 Å². The van der Waals surface area contributed by atoms with Gasteiger partial charge in [0.2, 0.25) is 0 Å². The van der Waals surface area contributed by atoms with Gasteiger partial charge in [0.15, 0.2) is 31.2 Å². The molecule has 24 heteroatoms. The number of carbonyl (C=O) groups excluding carboxylic acids is 4. The van der Waals surface area contributed by atoms with Gasteiger partial charge in [-0.15, -0.1) is 0 Å². The molecule has 0 saturated carbocycles. The fourth-order valence-corrected chi connectivity index (χ4v) is 11.9. The molecule has 0 bridgehead atoms. The van der Waals surface area contributed by atoms with Crippen LogP contribution in [0.2, 0.25) is 20.1 Å². The van der Waals surface area contributed by atoms with Crippen molar-refractivity contribution in [3.05, 3.63) is 115 Å². The first-order valence-electron chi connectivity index (χ1n) is 20.5. The molecule has 4 aromatic rings. The van der Waals surface area contributed by atoms with Crippen LogP contribution in [0, 0.1) is 10.8 Å². The van der Waals surface area contributed by atoms with Crippen LogP contribution in [0.25, 0.3) is 21.3 Å². The highest BCUT2D eigenvalue weighted by atomic mass is 35.5. The van der Waals surface area contributed by atoms with Crippen molar-refractivity contribution in [2.45, 2.75) is 78.7 Å². The number of aromatic nitrogens is 2. The SMILES string of the molecule is CN(C(=O)C(F)F)c1c(Cl)ccc(C2=C(OC(=O)C(C)(C)C)c3ncccc3C(C)(C)S2(=O)=O)c1Cl.CN(C(=O)C(F)F)c1c(Cl)ccc(C2=C(OC(=O)C(C)(C)C)c3ncccc3CS2(=O)=O)c1Cl. The van der Waals surface area contributed by atoms with Crippen LogP contribution >= 0.6 is 46.4 Å². The molecule has 70 heavy (non-hydrogen) atoms. The van der Waals surface area contributed by atoms with E-state index >= 15 is 0 Å². The Morgan fingerprint density at radius 3 is 1.47 bits per heavy atom. The number of benzene rings is 2. The molecule has 2 aliphatic rings. The summed E-state index contributed by atoms with van der Waals surface area (Å²) in [4.78, 5) is 58.2. The van der Waals surface area contributed by atoms with E-state index in [4.69, 9.17) is 55.9 Å². The first kappa shape index (κ1) is 55.8. The number of esters is 2. The number of alkyl halides is 4. The van der Waals surface area contributed by atoms with Crippen molar-refractivity contribution < 1.29 is 63.0 Å². The second-order valence-corrected chi connectivity index (χ2v) is 24.1. The first-order chi connectivity index (χ1) is 32.1. The lowest BCUT2D eigenvalue weighted by atomic mass is 9.96. The molecule has 0 N–H and O–H groups in total. The minimum atomic E-state index is -4.34. The summed E-state index contributed by atoms with van der Waals surface area (Å²) in [6.07, 6.45) is -3.89. The Morgan fingerprint density at radius 2 is 1.04 bits per heavy atom. The van der Waals surface area contributed by atoms with E-state index in [9.17, 15) is 53.6 Å². The lowest BCUT2D eigenvalue weighted by Crippen LogP contribution is -2.36. The maximum absolute atomic E-state index is 14.0. The third kappa shape index (κ3) is 10.6. The van der Waals surface area contributed by atoms with Crippen LogP contribution in [0.3, 0.4) is 0 Å². The minimum Gasteiger partial charge on any atom is -0.422 e. The van der Waals surface area contributed by atoms with Crippen LogP contribution in [-0.2, 0) is 58.8 Å². The smallest absolute Gasteiger partial charge is 0.316 e. The van der Waals surface area contributed by atoms with E-state index in [-0.39, 0.29) is 60.5 Å². The Balaban J connectivity index is 0.000000261. The van der Waals surface area contributed by atoms with E-state index in [1.807, 2.05) is 0 Å². The van der Waals surface area contributed by atoms with E-state index < -0.39 is 92.4 Å². The molecule has 2 aliphatic heterocycles. The normalized spacial score (nSPS) is 15.9. The van der Waals surface area contributed by atoms with Crippen molar-refractivity contribution in [1.29, 1.82) is 0 Å². The van der Waals surface area contributed by atoms with E-state index in [1.165, 1.54) is 56.6 Å². The molecule has 376 valence electrons. The molecule has 0 aliphatic carbocycles. The monoisotopic (exact) mass is 1090 g/mol. The quantitative estimate of drug-likeness (QED) is 0.120. The van der Waals surface area contributed by atoms with Gasteiger partial charge in [0, 0.05) is 43.2 Å². The Morgan fingerprint density at radius 1 is 0.643 bits per heavy atom. The predicted octanol–water partition coefficient (Wildman–Crippen LogP) is 10.7. The number of halogens is 8. The largest absolute Gasteiger partial charge is 0.422 e. The van der Waals surface area contributed by atoms with Crippen molar-refractivity contribution in [2.75, 3.05) is 23.9 Å². The Labute approximate surface area is 421 Å². The number of ether oxygens (including phenoxy) is 2. The fourth-order valence-electron chi connectivity index (χ4n) is 6.79. The molecule has 2 amide bonds. The highest BCUT2D eigenvalue weighted by Crippen LogP contribution is 2.52. The number of fused-ring (bicyclic) bond motifs is 2. The van der Waals surface area contributed by atoms with Gasteiger partial charge in [-0.05, 0) is 85.2 Å². The summed E-state index contributed by atoms with van der Waals surface area (Å²) in [7, 11) is -6.43. The van der Waals surface area contributed by atoms with Gasteiger partial charge < -0.3 is 19.3 Å². The summed E-state index contributed by atoms with van der Waals surface area (Å²) in [6, 6.07) is 11.1. The average Bonchev–Trinajstić information content (AvgIpc) is 3.25. The standard InChI is InChI=1S/C24H24Cl2F2N2O5S.C22H20Cl2F2N2O5S/c1-23(2,3)22(32)35-18-16-13(8-7-11-29-16)24(4,5)36(33,34)19(18)12-9-10-14(25)17(15(12)26)30(6)21(31)20(27)28;1-22(2,3)21(30)33-17-15-11(6-5-9-27-15)10-34(31,32)18(17)12-7-8-13(23)16(14(12)24)28(4)20(29)19(25)26/h7-11,20H,1-6H3;5-9,19H,10H2,1-4H3. The summed E-state index contributed by atoms with van der Waals surface area (Å²) in [6.45, 7) is 12.5. The second kappa shape index (κ2) is 20.2. The van der Waals surface area contributed by atoms with Crippen molar-refractivity contribution in [1.82, 2.24) is 9.97 Å². The number of amides is 2. The van der Waals surface area contributed by atoms with Crippen LogP contribution < -0.4 is 9.80 Å². The molecule has 0 unspecified atom stereocenters. The molecule has 0 fully saturated rings. The molecular formula is C46H44Cl4F4N4O10S2. The highest BCUT2D eigenvalue weighted by molar-refractivity contribution is 8.01. The minimum absolute atomic E-state index is 0.106. The number of anilines is 2. The van der Waals surface area contributed by atoms with Gasteiger partial charge >= 0.3 is 24.8 Å². The topological polar surface area (TPSA) is 187 Å². The van der Waals surface area contributed by atoms with Gasteiger partial charge in [-0.25, -0.2) is 16.8 Å². The van der Waals surface area contributed by atoms with Gasteiger partial charge in [0.25, 0.3) is 11.8 Å². The van der Waals surface area contributed by atoms with Gasteiger partial charge in [-0.1, -0.05) is 70.7 Å². The first-order valence-corrected chi connectivity index (χ1v) is 25.1. The van der Waals surface area contributed by atoms with Crippen LogP contribution in [0.1, 0.15) is 89.0 Å². The van der Waals surface area contributed by atoms with Crippen LogP contribution in [0.15, 0.2) is 60.9 Å². The Bertz CT molecular complexity index is 3140. The second-order valence-electron chi connectivity index (χ2n) is 18.2. The van der Waals surface area contributed by atoms with Crippen molar-refractivity contribution in [3.63, 3.8) is 0 Å². The summed E-state index contributed by atoms with van der Waals surface area (Å²) >= 11 is 25.3. The number of carbonyl (C=O) groups is 4. The maximum Gasteiger partial charge on any atom is 0.316 e. The Kier molecular flexibility index (Phi) is 16.1. The van der Waals surface area contributed by atoms with Gasteiger partial charge in [-0.3, -0.25) is 29.1 Å². The van der Waals surface area contributed by atoms with E-state index in [2.05, 4.69) is 9.97 Å². The lowest BCUT2D eigenvalue weighted by molar-refractivity contribution is -0.146. The third-order valence-electron chi connectivity index (χ3n) is 10.7. The zero-order valence-corrected chi connectivity index (χ0v) is 43.5. The maximum atomic E-state index is 14.0. The number of nitrogens with zero attached hydrogens (tertiary/aromatic N) is 4. The number of pyridine rings is 2. The average molecular weight is 1090 g/mol. The van der Waals surface area contributed by atoms with E-state index in [0.29, 0.717) is 20.9 Å². The third-order valence-corrected chi connectivity index (χ3v) is 16.3. The molecule has 2 aromatic heterocycles. The van der Waals surface area contributed by atoms with E-state index in [0.717, 1.165) is 14.1 Å². The van der Waals surface area contributed by atoms with Crippen molar-refractivity contribution in [3.8, 4) is 0 Å². The zero-order valence-electron chi connectivity index (χ0n) is 38.8. The van der Waals surface area contributed by atoms with Crippen LogP contribution in [0.4, 0.5) is 28.9 Å². The molecule has 0 atom stereocenters. The van der Waals surface area contributed by atoms with Crippen LogP contribution in [-0.4, -0.2) is 77.5 Å². The summed E-state index contributed by atoms with van der Waals surface area (Å²) in [5.74, 6) is -5.83. The molecular weight excluding hydrogens is 1050 g/mol. The number of sulfone groups is 2. The fraction of sp³-hybridized carbons (Fsp3) is 0.348. The van der Waals surface area contributed by atoms with Crippen LogP contribution in [0.5, 0.6) is 0 Å². The summed E-state index contributed by atoms with van der Waals surface area (Å²) in [5.41, 5.74) is -2.19. The molecule has 0 saturated heterocycles. The zero-order chi connectivity index (χ0) is 53.0. The number of hydrogen-bond donors (Lipinski definition) is 0. The van der Waals surface area contributed by atoms with Crippen molar-refractivity contribution in [2.24, 2.45) is 10.8 Å². The Hall–Kier alpha value is -5.12. The van der Waals surface area contributed by atoms with Gasteiger partial charge in [0.1, 0.15) is 21.2 Å². The molecule has 2 aromatic carbocycles. The summed E-state index contributed by atoms with van der Waals surface area (Å²) in [5, 5.41) is -1.10.